The van der Waals surface area contributed by atoms with Crippen molar-refractivity contribution in [3.8, 4) is 0 Å². The number of hydrogen-bond acceptors (Lipinski definition) is 5. The van der Waals surface area contributed by atoms with Crippen LogP contribution < -0.4 is 10.2 Å². The number of carbonyl (C=O) groups excluding carboxylic acids is 1. The van der Waals surface area contributed by atoms with E-state index in [9.17, 15) is 9.90 Å². The highest BCUT2D eigenvalue weighted by molar-refractivity contribution is 5.78. The minimum atomic E-state index is -0.623. The number of aliphatic hydroxyl groups is 1. The highest BCUT2D eigenvalue weighted by Crippen LogP contribution is 2.49. The molecular formula is C26H37N3O3. The average molecular weight is 440 g/mol. The van der Waals surface area contributed by atoms with E-state index in [1.54, 1.807) is 6.26 Å². The van der Waals surface area contributed by atoms with Gasteiger partial charge in [0.15, 0.2) is 0 Å². The number of benzene rings is 1. The van der Waals surface area contributed by atoms with Crippen molar-refractivity contribution in [3.63, 3.8) is 0 Å². The van der Waals surface area contributed by atoms with Gasteiger partial charge < -0.3 is 19.7 Å². The third kappa shape index (κ3) is 4.86. The van der Waals surface area contributed by atoms with E-state index in [2.05, 4.69) is 53.2 Å². The van der Waals surface area contributed by atoms with Crippen LogP contribution in [-0.4, -0.2) is 47.7 Å². The summed E-state index contributed by atoms with van der Waals surface area (Å²) in [4.78, 5) is 17.4. The highest BCUT2D eigenvalue weighted by atomic mass is 16.3. The maximum atomic E-state index is 12.8. The van der Waals surface area contributed by atoms with Crippen molar-refractivity contribution in [2.24, 2.45) is 5.92 Å². The lowest BCUT2D eigenvalue weighted by Gasteiger charge is -2.52. The van der Waals surface area contributed by atoms with E-state index < -0.39 is 5.60 Å². The fourth-order valence-electron chi connectivity index (χ4n) is 5.67. The molecule has 6 heteroatoms. The summed E-state index contributed by atoms with van der Waals surface area (Å²) < 4.78 is 5.33. The zero-order chi connectivity index (χ0) is 22.6. The predicted octanol–water partition coefficient (Wildman–Crippen LogP) is 4.11. The van der Waals surface area contributed by atoms with Crippen LogP contribution in [0.3, 0.4) is 0 Å². The van der Waals surface area contributed by atoms with Crippen molar-refractivity contribution in [2.75, 3.05) is 31.1 Å². The molecule has 32 heavy (non-hydrogen) atoms. The van der Waals surface area contributed by atoms with Crippen LogP contribution in [0.1, 0.15) is 63.3 Å². The molecule has 0 radical (unpaired) electrons. The fraction of sp³-hybridized carbons (Fsp3) is 0.577. The molecule has 1 amide bonds. The SMILES string of the molecule is CCN(CC)c1ccc([C@H]2[C@@H]3CCCC[C@@]3(O)CCN2CC(=O)NCc2ccco2)cc1. The summed E-state index contributed by atoms with van der Waals surface area (Å²) >= 11 is 0. The molecule has 1 saturated heterocycles. The van der Waals surface area contributed by atoms with Crippen LogP contribution in [-0.2, 0) is 11.3 Å². The molecule has 4 rings (SSSR count). The van der Waals surface area contributed by atoms with Gasteiger partial charge in [0.25, 0.3) is 0 Å². The van der Waals surface area contributed by atoms with Crippen molar-refractivity contribution in [2.45, 2.75) is 64.1 Å². The molecule has 2 aromatic rings. The Labute approximate surface area is 191 Å². The first-order valence-electron chi connectivity index (χ1n) is 12.1. The van der Waals surface area contributed by atoms with Crippen LogP contribution in [0.5, 0.6) is 0 Å². The maximum Gasteiger partial charge on any atom is 0.234 e. The number of rotatable bonds is 8. The van der Waals surface area contributed by atoms with Gasteiger partial charge in [-0.2, -0.15) is 0 Å². The van der Waals surface area contributed by atoms with Crippen molar-refractivity contribution >= 4 is 11.6 Å². The van der Waals surface area contributed by atoms with Crippen LogP contribution in [0.4, 0.5) is 5.69 Å². The number of hydrogen-bond donors (Lipinski definition) is 2. The van der Waals surface area contributed by atoms with Crippen LogP contribution in [0, 0.1) is 5.92 Å². The van der Waals surface area contributed by atoms with E-state index in [0.29, 0.717) is 13.1 Å². The van der Waals surface area contributed by atoms with Crippen molar-refractivity contribution in [1.82, 2.24) is 10.2 Å². The Morgan fingerprint density at radius 3 is 2.66 bits per heavy atom. The van der Waals surface area contributed by atoms with Gasteiger partial charge in [-0.1, -0.05) is 25.0 Å². The van der Waals surface area contributed by atoms with Crippen LogP contribution in [0.2, 0.25) is 0 Å². The van der Waals surface area contributed by atoms with Crippen molar-refractivity contribution < 1.29 is 14.3 Å². The van der Waals surface area contributed by atoms with Crippen LogP contribution in [0.15, 0.2) is 47.1 Å². The summed E-state index contributed by atoms with van der Waals surface area (Å²) in [5.41, 5.74) is 1.79. The molecule has 3 atom stereocenters. The normalized spacial score (nSPS) is 25.8. The second-order valence-electron chi connectivity index (χ2n) is 9.24. The quantitative estimate of drug-likeness (QED) is 0.648. The number of fused-ring (bicyclic) bond motifs is 1. The number of furan rings is 1. The van der Waals surface area contributed by atoms with Crippen molar-refractivity contribution in [1.29, 1.82) is 0 Å². The molecule has 0 spiro atoms. The Balaban J connectivity index is 1.54. The van der Waals surface area contributed by atoms with Gasteiger partial charge in [-0.05, 0) is 62.9 Å². The van der Waals surface area contributed by atoms with E-state index >= 15 is 0 Å². The number of carbonyl (C=O) groups is 1. The Kier molecular flexibility index (Phi) is 7.21. The highest BCUT2D eigenvalue weighted by Gasteiger charge is 2.49. The second kappa shape index (κ2) is 10.1. The molecule has 0 unspecified atom stereocenters. The number of nitrogens with zero attached hydrogens (tertiary/aromatic N) is 2. The van der Waals surface area contributed by atoms with Gasteiger partial charge >= 0.3 is 0 Å². The second-order valence-corrected chi connectivity index (χ2v) is 9.24. The molecule has 6 nitrogen and oxygen atoms in total. The van der Waals surface area contributed by atoms with Gasteiger partial charge in [0, 0.05) is 37.3 Å². The number of piperidine rings is 1. The van der Waals surface area contributed by atoms with E-state index in [0.717, 1.165) is 57.5 Å². The number of nitrogens with one attached hydrogen (secondary N) is 1. The van der Waals surface area contributed by atoms with E-state index in [1.807, 2.05) is 12.1 Å². The number of anilines is 1. The first-order valence-corrected chi connectivity index (χ1v) is 12.1. The molecule has 2 N–H and O–H groups in total. The standard InChI is InChI=1S/C26H37N3O3/c1-3-28(4-2)21-12-10-20(11-13-21)25-23-9-5-6-14-26(23,31)15-16-29(25)19-24(30)27-18-22-8-7-17-32-22/h7-8,10-13,17,23,25,31H,3-6,9,14-16,18-19H2,1-2H3,(H,27,30)/t23-,25-,26+/m0/s1. The smallest absolute Gasteiger partial charge is 0.234 e. The van der Waals surface area contributed by atoms with E-state index in [1.165, 1.54) is 11.3 Å². The Bertz CT molecular complexity index is 863. The van der Waals surface area contributed by atoms with Gasteiger partial charge in [0.05, 0.1) is 25.0 Å². The summed E-state index contributed by atoms with van der Waals surface area (Å²) in [5.74, 6) is 0.900. The number of amides is 1. The van der Waals surface area contributed by atoms with Gasteiger partial charge in [-0.15, -0.1) is 0 Å². The molecule has 2 fully saturated rings. The molecule has 2 aliphatic rings. The first kappa shape index (κ1) is 22.9. The topological polar surface area (TPSA) is 69.0 Å². The van der Waals surface area contributed by atoms with Crippen LogP contribution >= 0.6 is 0 Å². The zero-order valence-corrected chi connectivity index (χ0v) is 19.4. The first-order chi connectivity index (χ1) is 15.5. The van der Waals surface area contributed by atoms with E-state index in [4.69, 9.17) is 4.42 Å². The molecule has 1 aliphatic heterocycles. The van der Waals surface area contributed by atoms with Gasteiger partial charge in [0.2, 0.25) is 5.91 Å². The monoisotopic (exact) mass is 439 g/mol. The predicted molar refractivity (Wildman–Crippen MR) is 126 cm³/mol. The summed E-state index contributed by atoms with van der Waals surface area (Å²) in [6.07, 6.45) is 6.45. The zero-order valence-electron chi connectivity index (χ0n) is 19.4. The Morgan fingerprint density at radius 1 is 1.19 bits per heavy atom. The lowest BCUT2D eigenvalue weighted by atomic mass is 9.66. The van der Waals surface area contributed by atoms with Gasteiger partial charge in [0.1, 0.15) is 5.76 Å². The van der Waals surface area contributed by atoms with E-state index in [-0.39, 0.29) is 17.9 Å². The molecule has 1 aromatic heterocycles. The minimum absolute atomic E-state index is 0.00703. The third-order valence-electron chi connectivity index (χ3n) is 7.42. The molecule has 1 saturated carbocycles. The third-order valence-corrected chi connectivity index (χ3v) is 7.42. The summed E-state index contributed by atoms with van der Waals surface area (Å²) in [6, 6.07) is 12.5. The molecule has 0 bridgehead atoms. The summed E-state index contributed by atoms with van der Waals surface area (Å²) in [6.45, 7) is 7.75. The molecule has 174 valence electrons. The summed E-state index contributed by atoms with van der Waals surface area (Å²) in [5, 5.41) is 14.5. The lowest BCUT2D eigenvalue weighted by Crippen LogP contribution is -2.56. The average Bonchev–Trinajstić information content (AvgIpc) is 3.33. The molecular weight excluding hydrogens is 402 g/mol. The molecule has 2 heterocycles. The van der Waals surface area contributed by atoms with Gasteiger partial charge in [-0.3, -0.25) is 9.69 Å². The molecule has 1 aromatic carbocycles. The lowest BCUT2D eigenvalue weighted by molar-refractivity contribution is -0.138. The van der Waals surface area contributed by atoms with Crippen molar-refractivity contribution in [3.05, 3.63) is 54.0 Å². The summed E-state index contributed by atoms with van der Waals surface area (Å²) in [7, 11) is 0. The molecule has 1 aliphatic carbocycles. The van der Waals surface area contributed by atoms with Gasteiger partial charge in [-0.25, -0.2) is 0 Å². The minimum Gasteiger partial charge on any atom is -0.467 e. The largest absolute Gasteiger partial charge is 0.467 e. The fourth-order valence-corrected chi connectivity index (χ4v) is 5.67. The Hall–Kier alpha value is -2.31. The maximum absolute atomic E-state index is 12.8. The number of likely N-dealkylation sites (tertiary alicyclic amines) is 1. The van der Waals surface area contributed by atoms with Crippen LogP contribution in [0.25, 0.3) is 0 Å². The Morgan fingerprint density at radius 2 is 1.97 bits per heavy atom.